The van der Waals surface area contributed by atoms with Crippen molar-refractivity contribution in [3.63, 3.8) is 0 Å². The molecule has 1 aliphatic heterocycles. The molecule has 0 spiro atoms. The van der Waals surface area contributed by atoms with E-state index < -0.39 is 0 Å². The zero-order valence-corrected chi connectivity index (χ0v) is 22.7. The van der Waals surface area contributed by atoms with Crippen LogP contribution in [0.1, 0.15) is 85.5 Å². The van der Waals surface area contributed by atoms with Crippen LogP contribution in [0.25, 0.3) is 0 Å². The number of nitrogens with zero attached hydrogens (tertiary/aromatic N) is 2. The predicted octanol–water partition coefficient (Wildman–Crippen LogP) is 6.17. The fraction of sp³-hybridized carbons (Fsp3) is 0.741. The third kappa shape index (κ3) is 12.6. The van der Waals surface area contributed by atoms with Crippen molar-refractivity contribution in [3.8, 4) is 5.75 Å². The Hall–Kier alpha value is -1.43. The zero-order valence-electron chi connectivity index (χ0n) is 22.7. The van der Waals surface area contributed by atoms with Crippen LogP contribution in [0, 0.1) is 0 Å². The van der Waals surface area contributed by atoms with Gasteiger partial charge >= 0.3 is 0 Å². The molecular weight excluding hydrogens is 400 g/mol. The average molecular weight is 453 g/mol. The molecule has 1 aromatic carbocycles. The summed E-state index contributed by atoms with van der Waals surface area (Å²) in [6, 6.07) is 8.05. The van der Waals surface area contributed by atoms with Gasteiger partial charge in [-0.2, -0.15) is 0 Å². The number of rotatable bonds is 10. The Morgan fingerprint density at radius 2 is 1.56 bits per heavy atom. The first-order valence-corrected chi connectivity index (χ1v) is 12.8. The first kappa shape index (κ1) is 32.7. The van der Waals surface area contributed by atoms with Gasteiger partial charge in [-0.15, -0.1) is 0 Å². The van der Waals surface area contributed by atoms with Gasteiger partial charge in [-0.05, 0) is 58.0 Å². The number of carbonyl (C=O) groups is 1. The van der Waals surface area contributed by atoms with Crippen molar-refractivity contribution >= 4 is 5.78 Å². The third-order valence-corrected chi connectivity index (χ3v) is 5.38. The molecule has 0 aliphatic carbocycles. The van der Waals surface area contributed by atoms with Gasteiger partial charge in [0, 0.05) is 31.2 Å². The molecule has 1 heterocycles. The Morgan fingerprint density at radius 3 is 2.06 bits per heavy atom. The van der Waals surface area contributed by atoms with Crippen molar-refractivity contribution < 1.29 is 14.3 Å². The van der Waals surface area contributed by atoms with Gasteiger partial charge in [-0.25, -0.2) is 0 Å². The molecule has 0 amide bonds. The highest BCUT2D eigenvalue weighted by Crippen LogP contribution is 2.16. The number of Topliss-reactive ketones (excluding diaryl/α,β-unsaturated/α-hetero) is 1. The molecule has 2 unspecified atom stereocenters. The summed E-state index contributed by atoms with van der Waals surface area (Å²) in [5, 5.41) is 0. The van der Waals surface area contributed by atoms with E-state index in [0.29, 0.717) is 25.9 Å². The van der Waals surface area contributed by atoms with E-state index >= 15 is 0 Å². The van der Waals surface area contributed by atoms with Crippen molar-refractivity contribution in [3.05, 3.63) is 29.8 Å². The van der Waals surface area contributed by atoms with Gasteiger partial charge in [0.25, 0.3) is 0 Å². The molecule has 1 fully saturated rings. The van der Waals surface area contributed by atoms with Gasteiger partial charge in [0.2, 0.25) is 0 Å². The monoisotopic (exact) mass is 452 g/mol. The lowest BCUT2D eigenvalue weighted by molar-refractivity contribution is 0.0208. The van der Waals surface area contributed by atoms with Crippen LogP contribution in [-0.4, -0.2) is 74.2 Å². The quantitative estimate of drug-likeness (QED) is 0.314. The Labute approximate surface area is 199 Å². The summed E-state index contributed by atoms with van der Waals surface area (Å²) in [6.45, 7) is 23.2. The average Bonchev–Trinajstić information content (AvgIpc) is 2.89. The van der Waals surface area contributed by atoms with E-state index in [1.165, 1.54) is 0 Å². The highest BCUT2D eigenvalue weighted by atomic mass is 16.5. The zero-order chi connectivity index (χ0) is 24.9. The Bertz CT molecular complexity index is 542. The summed E-state index contributed by atoms with van der Waals surface area (Å²) < 4.78 is 11.2. The summed E-state index contributed by atoms with van der Waals surface area (Å²) in [7, 11) is 2.16. The Balaban J connectivity index is 0. The first-order valence-electron chi connectivity index (χ1n) is 12.8. The lowest BCUT2D eigenvalue weighted by Gasteiger charge is -2.31. The Kier molecular flexibility index (Phi) is 21.9. The Morgan fingerprint density at radius 1 is 1.03 bits per heavy atom. The smallest absolute Gasteiger partial charge is 0.179 e. The summed E-state index contributed by atoms with van der Waals surface area (Å²) in [6.07, 6.45) is 2.16. The molecule has 2 rings (SSSR count). The van der Waals surface area contributed by atoms with Crippen LogP contribution in [0.2, 0.25) is 0 Å². The van der Waals surface area contributed by atoms with Crippen molar-refractivity contribution in [1.82, 2.24) is 9.80 Å². The van der Waals surface area contributed by atoms with Crippen LogP contribution in [-0.2, 0) is 4.74 Å². The number of carbonyl (C=O) groups excluding carboxylic acids is 1. The summed E-state index contributed by atoms with van der Waals surface area (Å²) in [5.41, 5.74) is 0.743. The second-order valence-electron chi connectivity index (χ2n) is 7.15. The molecule has 1 aromatic rings. The number of ether oxygens (including phenoxy) is 2. The lowest BCUT2D eigenvalue weighted by Crippen LogP contribution is -2.45. The van der Waals surface area contributed by atoms with E-state index in [1.807, 2.05) is 72.7 Å². The van der Waals surface area contributed by atoms with Gasteiger partial charge in [0.1, 0.15) is 5.75 Å². The van der Waals surface area contributed by atoms with Crippen LogP contribution in [0.3, 0.4) is 0 Å². The number of ketones is 1. The summed E-state index contributed by atoms with van der Waals surface area (Å²) in [4.78, 5) is 17.2. The largest absolute Gasteiger partial charge is 0.494 e. The lowest BCUT2D eigenvalue weighted by atomic mass is 10.0. The van der Waals surface area contributed by atoms with E-state index in [-0.39, 0.29) is 11.8 Å². The molecule has 2 atom stereocenters. The van der Waals surface area contributed by atoms with E-state index in [4.69, 9.17) is 9.47 Å². The van der Waals surface area contributed by atoms with Crippen LogP contribution < -0.4 is 4.74 Å². The van der Waals surface area contributed by atoms with Crippen LogP contribution >= 0.6 is 0 Å². The van der Waals surface area contributed by atoms with Gasteiger partial charge in [0.15, 0.2) is 5.78 Å². The minimum Gasteiger partial charge on any atom is -0.494 e. The molecule has 0 saturated carbocycles. The van der Waals surface area contributed by atoms with E-state index in [0.717, 1.165) is 43.8 Å². The second kappa shape index (κ2) is 21.4. The molecule has 1 aliphatic rings. The molecule has 5 heteroatoms. The summed E-state index contributed by atoms with van der Waals surface area (Å²) >= 11 is 0. The SMILES string of the molecule is CC.CC.CC.CCC(C)N(C)CCCOc1ccc(C(=O)C(C)N2CCOCC2)cc1. The number of hydrogen-bond donors (Lipinski definition) is 0. The number of benzene rings is 1. The molecule has 0 bridgehead atoms. The van der Waals surface area contributed by atoms with Crippen LogP contribution in [0.4, 0.5) is 0 Å². The maximum absolute atomic E-state index is 12.7. The van der Waals surface area contributed by atoms with Crippen molar-refractivity contribution in [2.45, 2.75) is 87.2 Å². The molecule has 5 nitrogen and oxygen atoms in total. The first-order chi connectivity index (χ1) is 15.5. The van der Waals surface area contributed by atoms with Gasteiger partial charge in [0.05, 0.1) is 25.9 Å². The van der Waals surface area contributed by atoms with E-state index in [9.17, 15) is 4.79 Å². The number of morpholine rings is 1. The molecular formula is C27H52N2O3. The summed E-state index contributed by atoms with van der Waals surface area (Å²) in [5.74, 6) is 0.986. The van der Waals surface area contributed by atoms with Gasteiger partial charge in [-0.1, -0.05) is 48.5 Å². The third-order valence-electron chi connectivity index (χ3n) is 5.38. The maximum atomic E-state index is 12.7. The normalized spacial score (nSPS) is 15.1. The van der Waals surface area contributed by atoms with Crippen LogP contribution in [0.5, 0.6) is 5.75 Å². The highest BCUT2D eigenvalue weighted by Gasteiger charge is 2.24. The topological polar surface area (TPSA) is 42.0 Å². The molecule has 188 valence electrons. The minimum absolute atomic E-state index is 0.109. The van der Waals surface area contributed by atoms with Crippen molar-refractivity contribution in [1.29, 1.82) is 0 Å². The van der Waals surface area contributed by atoms with Gasteiger partial charge in [-0.3, -0.25) is 9.69 Å². The van der Waals surface area contributed by atoms with Crippen molar-refractivity contribution in [2.24, 2.45) is 0 Å². The van der Waals surface area contributed by atoms with Crippen molar-refractivity contribution in [2.75, 3.05) is 46.5 Å². The fourth-order valence-corrected chi connectivity index (χ4v) is 3.12. The minimum atomic E-state index is -0.109. The second-order valence-corrected chi connectivity index (χ2v) is 7.15. The standard InChI is InChI=1S/C21H34N2O3.3C2H6/c1-5-17(2)22(4)11-6-14-26-20-9-7-19(8-10-20)21(24)18(3)23-12-15-25-16-13-23;3*1-2/h7-10,17-18H,5-6,11-16H2,1-4H3;3*1-2H3. The van der Waals surface area contributed by atoms with E-state index in [2.05, 4.69) is 30.7 Å². The predicted molar refractivity (Wildman–Crippen MR) is 139 cm³/mol. The maximum Gasteiger partial charge on any atom is 0.179 e. The molecule has 1 saturated heterocycles. The highest BCUT2D eigenvalue weighted by molar-refractivity contribution is 5.99. The molecule has 0 aromatic heterocycles. The van der Waals surface area contributed by atoms with Crippen LogP contribution in [0.15, 0.2) is 24.3 Å². The molecule has 0 N–H and O–H groups in total. The van der Waals surface area contributed by atoms with Gasteiger partial charge < -0.3 is 14.4 Å². The number of hydrogen-bond acceptors (Lipinski definition) is 5. The fourth-order valence-electron chi connectivity index (χ4n) is 3.12. The molecule has 0 radical (unpaired) electrons. The van der Waals surface area contributed by atoms with E-state index in [1.54, 1.807) is 0 Å². The molecule has 32 heavy (non-hydrogen) atoms.